The van der Waals surface area contributed by atoms with Crippen molar-refractivity contribution >= 4 is 25.5 Å². The summed E-state index contributed by atoms with van der Waals surface area (Å²) >= 11 is 0. The second-order valence-electron chi connectivity index (χ2n) is 9.38. The lowest BCUT2D eigenvalue weighted by Gasteiger charge is -2.46. The molecular formula is C20H32N5O15P. The molecule has 1 aromatic heterocycles. The fraction of sp³-hybridized carbons (Fsp3) is 0.700. The van der Waals surface area contributed by atoms with Gasteiger partial charge in [-0.25, -0.2) is 18.7 Å². The van der Waals surface area contributed by atoms with Gasteiger partial charge in [0.25, 0.3) is 5.79 Å². The number of nitrogen functional groups attached to an aromatic ring is 1. The molecule has 2 fully saturated rings. The second-order valence-corrected chi connectivity index (χ2v) is 10.8. The molecule has 1 aromatic rings. The summed E-state index contributed by atoms with van der Waals surface area (Å²) < 4.78 is 33.9. The van der Waals surface area contributed by atoms with Crippen LogP contribution < -0.4 is 22.5 Å². The van der Waals surface area contributed by atoms with Gasteiger partial charge in [-0.1, -0.05) is 0 Å². The van der Waals surface area contributed by atoms with Crippen molar-refractivity contribution in [2.75, 3.05) is 18.9 Å². The predicted molar refractivity (Wildman–Crippen MR) is 130 cm³/mol. The lowest BCUT2D eigenvalue weighted by molar-refractivity contribution is -0.287. The number of aliphatic hydroxyl groups excluding tert-OH is 5. The molecule has 0 aromatic carbocycles. The smallest absolute Gasteiger partial charge is 0.475 e. The van der Waals surface area contributed by atoms with Crippen LogP contribution >= 0.6 is 7.82 Å². The summed E-state index contributed by atoms with van der Waals surface area (Å²) in [4.78, 5) is 49.9. The molecule has 3 heterocycles. The van der Waals surface area contributed by atoms with Crippen LogP contribution in [-0.4, -0.2) is 125 Å². The number of carbonyl (C=O) groups excluding carboxylic acids is 1. The van der Waals surface area contributed by atoms with Crippen LogP contribution in [-0.2, 0) is 32.7 Å². The molecular weight excluding hydrogens is 581 g/mol. The Balaban J connectivity index is 1.78. The Labute approximate surface area is 230 Å². The summed E-state index contributed by atoms with van der Waals surface area (Å²) in [6, 6.07) is -0.321. The van der Waals surface area contributed by atoms with Gasteiger partial charge < -0.3 is 61.8 Å². The minimum Gasteiger partial charge on any atom is -0.477 e. The SMILES string of the molecule is C[C@@H](O)[C@@H](O)C1OC(OP(=O)(O)OCC2O[C@@H](n3ccc(N)nc3=O)[C@H](O)[C@@H]2O)(C(=O)O)CC(O)C1NC(=O)CN. The Morgan fingerprint density at radius 2 is 1.98 bits per heavy atom. The quantitative estimate of drug-likeness (QED) is 0.104. The van der Waals surface area contributed by atoms with Crippen molar-refractivity contribution in [3.05, 3.63) is 22.7 Å². The van der Waals surface area contributed by atoms with E-state index in [0.717, 1.165) is 17.7 Å². The number of ether oxygens (including phenoxy) is 2. The first kappa shape index (κ1) is 32.9. The zero-order valence-corrected chi connectivity index (χ0v) is 22.3. The summed E-state index contributed by atoms with van der Waals surface area (Å²) in [5.41, 5.74) is 9.72. The molecule has 11 atom stereocenters. The number of rotatable bonds is 11. The highest BCUT2D eigenvalue weighted by Crippen LogP contribution is 2.51. The monoisotopic (exact) mass is 613 g/mol. The van der Waals surface area contributed by atoms with Crippen LogP contribution in [0.5, 0.6) is 0 Å². The first-order chi connectivity index (χ1) is 19.0. The third-order valence-electron chi connectivity index (χ3n) is 6.37. The Bertz CT molecular complexity index is 1220. The van der Waals surface area contributed by atoms with Crippen molar-refractivity contribution in [3.63, 3.8) is 0 Å². The number of carboxylic acids is 1. The lowest BCUT2D eigenvalue weighted by atomic mass is 9.89. The molecule has 0 spiro atoms. The van der Waals surface area contributed by atoms with Gasteiger partial charge in [-0.15, -0.1) is 0 Å². The van der Waals surface area contributed by atoms with Gasteiger partial charge in [0.05, 0.1) is 31.4 Å². The highest BCUT2D eigenvalue weighted by Gasteiger charge is 2.58. The van der Waals surface area contributed by atoms with Gasteiger partial charge in [-0.05, 0) is 13.0 Å². The van der Waals surface area contributed by atoms with Crippen LogP contribution in [0, 0.1) is 0 Å². The summed E-state index contributed by atoms with van der Waals surface area (Å²) in [6.45, 7) is -0.467. The number of anilines is 1. The van der Waals surface area contributed by atoms with E-state index in [-0.39, 0.29) is 5.82 Å². The van der Waals surface area contributed by atoms with Gasteiger partial charge in [0.1, 0.15) is 36.3 Å². The number of carbonyl (C=O) groups is 2. The van der Waals surface area contributed by atoms with Gasteiger partial charge in [-0.2, -0.15) is 4.98 Å². The number of carboxylic acid groups (broad SMARTS) is 1. The summed E-state index contributed by atoms with van der Waals surface area (Å²) in [5.74, 6) is -6.18. The fourth-order valence-corrected chi connectivity index (χ4v) is 5.23. The Hall–Kier alpha value is -2.59. The van der Waals surface area contributed by atoms with E-state index in [9.17, 15) is 54.5 Å². The molecule has 0 saturated carbocycles. The van der Waals surface area contributed by atoms with E-state index in [1.807, 2.05) is 0 Å². The average molecular weight is 613 g/mol. The van der Waals surface area contributed by atoms with Crippen LogP contribution in [0.2, 0.25) is 0 Å². The molecule has 20 nitrogen and oxygen atoms in total. The highest BCUT2D eigenvalue weighted by molar-refractivity contribution is 7.47. The lowest BCUT2D eigenvalue weighted by Crippen LogP contribution is -2.67. The van der Waals surface area contributed by atoms with Crippen molar-refractivity contribution in [2.24, 2.45) is 5.73 Å². The number of phosphoric acid groups is 1. The van der Waals surface area contributed by atoms with Crippen LogP contribution in [0.15, 0.2) is 17.1 Å². The minimum atomic E-state index is -5.49. The molecule has 0 radical (unpaired) electrons. The van der Waals surface area contributed by atoms with Gasteiger partial charge in [-0.3, -0.25) is 13.9 Å². The zero-order chi connectivity index (χ0) is 30.9. The number of nitrogens with one attached hydrogen (secondary N) is 1. The Morgan fingerprint density at radius 1 is 1.32 bits per heavy atom. The molecule has 232 valence electrons. The molecule has 21 heteroatoms. The number of nitrogens with two attached hydrogens (primary N) is 2. The molecule has 12 N–H and O–H groups in total. The van der Waals surface area contributed by atoms with Gasteiger partial charge in [0.15, 0.2) is 6.23 Å². The summed E-state index contributed by atoms with van der Waals surface area (Å²) in [7, 11) is -5.49. The van der Waals surface area contributed by atoms with Gasteiger partial charge in [0.2, 0.25) is 5.91 Å². The van der Waals surface area contributed by atoms with Crippen LogP contribution in [0.1, 0.15) is 19.6 Å². The molecule has 3 rings (SSSR count). The number of aliphatic hydroxyl groups is 5. The number of hydrogen-bond donors (Lipinski definition) is 10. The summed E-state index contributed by atoms with van der Waals surface area (Å²) in [6.07, 6.45) is -13.9. The van der Waals surface area contributed by atoms with Crippen LogP contribution in [0.3, 0.4) is 0 Å². The maximum Gasteiger partial charge on any atom is 0.475 e. The Morgan fingerprint density at radius 3 is 2.54 bits per heavy atom. The molecule has 6 unspecified atom stereocenters. The molecule has 1 amide bonds. The third kappa shape index (κ3) is 7.25. The topological polar surface area (TPSA) is 329 Å². The molecule has 0 bridgehead atoms. The number of amides is 1. The maximum absolute atomic E-state index is 12.8. The standard InChI is InChI=1S/C20H32N5O15P/c1-7(26)13(29)16-12(24-11(28)5-21)8(27)4-20(39-16,18(32)33)40-41(35,36)37-6-9-14(30)15(31)17(38-9)25-3-2-10(22)23-19(25)34/h2-3,7-9,12-17,26-27,29-31H,4-6,21H2,1H3,(H,24,28)(H,32,33)(H,35,36)(H2,22,23,34)/t7-,8?,9?,12?,13-,14-,15-,16?,17-,20?/m1/s1. The van der Waals surface area contributed by atoms with E-state index < -0.39 is 106 Å². The average Bonchev–Trinajstić information content (AvgIpc) is 3.16. The van der Waals surface area contributed by atoms with Gasteiger partial charge in [0, 0.05) is 12.6 Å². The largest absolute Gasteiger partial charge is 0.477 e. The number of phosphoric ester groups is 1. The number of aliphatic carboxylic acids is 1. The minimum absolute atomic E-state index is 0.128. The van der Waals surface area contributed by atoms with Crippen LogP contribution in [0.25, 0.3) is 0 Å². The van der Waals surface area contributed by atoms with Crippen molar-refractivity contribution in [2.45, 2.75) is 74.1 Å². The van der Waals surface area contributed by atoms with E-state index in [1.54, 1.807) is 0 Å². The number of aromatic nitrogens is 2. The molecule has 2 saturated heterocycles. The summed E-state index contributed by atoms with van der Waals surface area (Å²) in [5, 5.41) is 63.6. The van der Waals surface area contributed by atoms with E-state index in [1.165, 1.54) is 6.07 Å². The van der Waals surface area contributed by atoms with E-state index in [4.69, 9.17) is 30.0 Å². The number of hydrogen-bond acceptors (Lipinski definition) is 16. The zero-order valence-electron chi connectivity index (χ0n) is 21.4. The highest BCUT2D eigenvalue weighted by atomic mass is 31.2. The molecule has 41 heavy (non-hydrogen) atoms. The van der Waals surface area contributed by atoms with Crippen molar-refractivity contribution in [1.29, 1.82) is 0 Å². The van der Waals surface area contributed by atoms with Crippen molar-refractivity contribution in [1.82, 2.24) is 14.9 Å². The molecule has 0 aliphatic carbocycles. The maximum atomic E-state index is 12.8. The molecule has 2 aliphatic heterocycles. The third-order valence-corrected chi connectivity index (χ3v) is 7.37. The first-order valence-corrected chi connectivity index (χ1v) is 13.5. The molecule has 2 aliphatic rings. The number of nitrogens with zero attached hydrogens (tertiary/aromatic N) is 2. The van der Waals surface area contributed by atoms with Gasteiger partial charge >= 0.3 is 19.5 Å². The normalized spacial score (nSPS) is 34.9. The van der Waals surface area contributed by atoms with Crippen LogP contribution in [0.4, 0.5) is 5.82 Å². The van der Waals surface area contributed by atoms with Crippen molar-refractivity contribution < 1.29 is 68.2 Å². The predicted octanol–water partition coefficient (Wildman–Crippen LogP) is -5.31. The van der Waals surface area contributed by atoms with E-state index in [0.29, 0.717) is 0 Å². The Kier molecular flexibility index (Phi) is 10.2. The van der Waals surface area contributed by atoms with Crippen molar-refractivity contribution in [3.8, 4) is 0 Å². The fourth-order valence-electron chi connectivity index (χ4n) is 4.27. The van der Waals surface area contributed by atoms with E-state index >= 15 is 0 Å². The first-order valence-electron chi connectivity index (χ1n) is 12.0. The second kappa shape index (κ2) is 12.7. The van der Waals surface area contributed by atoms with E-state index in [2.05, 4.69) is 10.3 Å².